The van der Waals surface area contributed by atoms with E-state index in [1.807, 2.05) is 0 Å². The van der Waals surface area contributed by atoms with Crippen molar-refractivity contribution in [2.24, 2.45) is 5.73 Å². The molecule has 0 aliphatic rings. The second-order valence-corrected chi connectivity index (χ2v) is 2.31. The lowest BCUT2D eigenvalue weighted by molar-refractivity contribution is 0.236. The molecule has 2 heteroatoms. The van der Waals surface area contributed by atoms with Crippen LogP contribution >= 0.6 is 0 Å². The maximum atomic E-state index is 5.48. The van der Waals surface area contributed by atoms with Crippen LogP contribution in [0.15, 0.2) is 0 Å². The Morgan fingerprint density at radius 2 is 1.78 bits per heavy atom. The van der Waals surface area contributed by atoms with Crippen molar-refractivity contribution in [1.29, 1.82) is 0 Å². The fourth-order valence-electron chi connectivity index (χ4n) is 0.996. The van der Waals surface area contributed by atoms with E-state index < -0.39 is 0 Å². The molecule has 0 spiro atoms. The van der Waals surface area contributed by atoms with E-state index in [-0.39, 0.29) is 0 Å². The monoisotopic (exact) mass is 130 g/mol. The first kappa shape index (κ1) is 8.92. The van der Waals surface area contributed by atoms with E-state index in [1.54, 1.807) is 0 Å². The summed E-state index contributed by atoms with van der Waals surface area (Å²) in [6.45, 7) is 9.46. The van der Waals surface area contributed by atoms with Crippen molar-refractivity contribution in [1.82, 2.24) is 4.90 Å². The fourth-order valence-corrected chi connectivity index (χ4v) is 0.996. The molecule has 0 bridgehead atoms. The lowest BCUT2D eigenvalue weighted by Gasteiger charge is -2.24. The van der Waals surface area contributed by atoms with Gasteiger partial charge in [0.05, 0.1) is 0 Å². The molecule has 0 saturated heterocycles. The third kappa shape index (κ3) is 2.82. The molecule has 0 fully saturated rings. The van der Waals surface area contributed by atoms with E-state index in [2.05, 4.69) is 25.7 Å². The van der Waals surface area contributed by atoms with E-state index in [1.165, 1.54) is 0 Å². The molecule has 0 rings (SSSR count). The van der Waals surface area contributed by atoms with Crippen LogP contribution in [-0.4, -0.2) is 30.6 Å². The van der Waals surface area contributed by atoms with Gasteiger partial charge in [-0.05, 0) is 20.0 Å². The standard InChI is InChI=1S/C7H18N2/c1-4-9(5-2)7(3)6-8/h7H,4-6,8H2,1-3H3/t7-/m1/s1. The molecule has 1 atom stereocenters. The quantitative estimate of drug-likeness (QED) is 0.606. The molecular weight excluding hydrogens is 112 g/mol. The molecule has 56 valence electrons. The van der Waals surface area contributed by atoms with Crippen LogP contribution in [0.1, 0.15) is 20.8 Å². The summed E-state index contributed by atoms with van der Waals surface area (Å²) >= 11 is 0. The second-order valence-electron chi connectivity index (χ2n) is 2.31. The van der Waals surface area contributed by atoms with Crippen LogP contribution in [0.4, 0.5) is 0 Å². The zero-order chi connectivity index (χ0) is 7.28. The molecule has 0 heterocycles. The highest BCUT2D eigenvalue weighted by Crippen LogP contribution is 1.94. The van der Waals surface area contributed by atoms with Gasteiger partial charge in [-0.1, -0.05) is 13.8 Å². The van der Waals surface area contributed by atoms with Crippen LogP contribution in [0.3, 0.4) is 0 Å². The van der Waals surface area contributed by atoms with E-state index in [0.717, 1.165) is 19.6 Å². The topological polar surface area (TPSA) is 29.3 Å². The summed E-state index contributed by atoms with van der Waals surface area (Å²) in [6.07, 6.45) is 0. The van der Waals surface area contributed by atoms with Crippen molar-refractivity contribution in [3.63, 3.8) is 0 Å². The predicted octanol–water partition coefficient (Wildman–Crippen LogP) is 0.675. The van der Waals surface area contributed by atoms with Crippen molar-refractivity contribution >= 4 is 0 Å². The number of likely N-dealkylation sites (N-methyl/N-ethyl adjacent to an activating group) is 1. The van der Waals surface area contributed by atoms with Crippen molar-refractivity contribution in [3.8, 4) is 0 Å². The predicted molar refractivity (Wildman–Crippen MR) is 41.4 cm³/mol. The Morgan fingerprint density at radius 1 is 1.33 bits per heavy atom. The second kappa shape index (κ2) is 4.77. The minimum absolute atomic E-state index is 0.542. The van der Waals surface area contributed by atoms with Crippen LogP contribution < -0.4 is 5.73 Å². The maximum absolute atomic E-state index is 5.48. The molecule has 0 amide bonds. The largest absolute Gasteiger partial charge is 0.329 e. The van der Waals surface area contributed by atoms with Crippen LogP contribution in [0.5, 0.6) is 0 Å². The summed E-state index contributed by atoms with van der Waals surface area (Å²) in [7, 11) is 0. The van der Waals surface area contributed by atoms with E-state index in [4.69, 9.17) is 5.73 Å². The molecule has 0 radical (unpaired) electrons. The molecule has 0 aliphatic heterocycles. The minimum Gasteiger partial charge on any atom is -0.329 e. The maximum Gasteiger partial charge on any atom is 0.0189 e. The van der Waals surface area contributed by atoms with Crippen molar-refractivity contribution in [2.75, 3.05) is 19.6 Å². The van der Waals surface area contributed by atoms with E-state index in [0.29, 0.717) is 6.04 Å². The lowest BCUT2D eigenvalue weighted by atomic mass is 10.3. The van der Waals surface area contributed by atoms with Gasteiger partial charge >= 0.3 is 0 Å². The zero-order valence-corrected chi connectivity index (χ0v) is 6.72. The highest BCUT2D eigenvalue weighted by Gasteiger charge is 2.05. The average Bonchev–Trinajstić information content (AvgIpc) is 1.90. The summed E-state index contributed by atoms with van der Waals surface area (Å²) in [6, 6.07) is 0.542. The SMILES string of the molecule is CCN(CC)[C@H](C)CN. The number of nitrogens with two attached hydrogens (primary N) is 1. The van der Waals surface area contributed by atoms with Crippen LogP contribution in [0.25, 0.3) is 0 Å². The first-order chi connectivity index (χ1) is 4.26. The Balaban J connectivity index is 3.50. The molecule has 2 N–H and O–H groups in total. The van der Waals surface area contributed by atoms with Gasteiger partial charge in [0.1, 0.15) is 0 Å². The van der Waals surface area contributed by atoms with Crippen molar-refractivity contribution in [3.05, 3.63) is 0 Å². The minimum atomic E-state index is 0.542. The van der Waals surface area contributed by atoms with Crippen molar-refractivity contribution in [2.45, 2.75) is 26.8 Å². The van der Waals surface area contributed by atoms with E-state index >= 15 is 0 Å². The number of rotatable bonds is 4. The number of hydrogen-bond acceptors (Lipinski definition) is 2. The highest BCUT2D eigenvalue weighted by atomic mass is 15.1. The Kier molecular flexibility index (Phi) is 4.72. The van der Waals surface area contributed by atoms with Crippen LogP contribution in [0.2, 0.25) is 0 Å². The summed E-state index contributed by atoms with van der Waals surface area (Å²) in [5.41, 5.74) is 5.48. The summed E-state index contributed by atoms with van der Waals surface area (Å²) in [4.78, 5) is 2.35. The van der Waals surface area contributed by atoms with Gasteiger partial charge in [0.25, 0.3) is 0 Å². The van der Waals surface area contributed by atoms with Gasteiger partial charge in [-0.25, -0.2) is 0 Å². The van der Waals surface area contributed by atoms with Crippen molar-refractivity contribution < 1.29 is 0 Å². The smallest absolute Gasteiger partial charge is 0.0189 e. The van der Waals surface area contributed by atoms with Gasteiger partial charge in [0, 0.05) is 12.6 Å². The summed E-state index contributed by atoms with van der Waals surface area (Å²) < 4.78 is 0. The third-order valence-corrected chi connectivity index (χ3v) is 1.78. The molecule has 0 aromatic rings. The molecule has 0 aromatic heterocycles. The van der Waals surface area contributed by atoms with E-state index in [9.17, 15) is 0 Å². The molecular formula is C7H18N2. The molecule has 0 aromatic carbocycles. The fraction of sp³-hybridized carbons (Fsp3) is 1.00. The highest BCUT2D eigenvalue weighted by molar-refractivity contribution is 4.63. The Hall–Kier alpha value is -0.0800. The van der Waals surface area contributed by atoms with Crippen LogP contribution in [0, 0.1) is 0 Å². The van der Waals surface area contributed by atoms with Gasteiger partial charge in [0.2, 0.25) is 0 Å². The molecule has 0 saturated carbocycles. The van der Waals surface area contributed by atoms with Crippen LogP contribution in [-0.2, 0) is 0 Å². The van der Waals surface area contributed by atoms with Gasteiger partial charge in [0.15, 0.2) is 0 Å². The van der Waals surface area contributed by atoms with Gasteiger partial charge < -0.3 is 5.73 Å². The Morgan fingerprint density at radius 3 is 1.89 bits per heavy atom. The summed E-state index contributed by atoms with van der Waals surface area (Å²) in [5, 5.41) is 0. The van der Waals surface area contributed by atoms with Gasteiger partial charge in [-0.2, -0.15) is 0 Å². The number of nitrogens with zero attached hydrogens (tertiary/aromatic N) is 1. The Bertz CT molecular complexity index is 59.9. The average molecular weight is 130 g/mol. The van der Waals surface area contributed by atoms with Gasteiger partial charge in [-0.3, -0.25) is 4.90 Å². The van der Waals surface area contributed by atoms with Gasteiger partial charge in [-0.15, -0.1) is 0 Å². The molecule has 0 aliphatic carbocycles. The molecule has 2 nitrogen and oxygen atoms in total. The first-order valence-electron chi connectivity index (χ1n) is 3.70. The number of hydrogen-bond donors (Lipinski definition) is 1. The summed E-state index contributed by atoms with van der Waals surface area (Å²) in [5.74, 6) is 0. The lowest BCUT2D eigenvalue weighted by Crippen LogP contribution is -2.37. The first-order valence-corrected chi connectivity index (χ1v) is 3.70. The normalized spacial score (nSPS) is 14.3. The third-order valence-electron chi connectivity index (χ3n) is 1.78. The Labute approximate surface area is 58.0 Å². The molecule has 0 unspecified atom stereocenters. The zero-order valence-electron chi connectivity index (χ0n) is 6.72. The molecule has 9 heavy (non-hydrogen) atoms.